The topological polar surface area (TPSA) is 35.6 Å². The number of carbonyl (C=O) groups is 1. The standard InChI is InChI=1S/C23H24F3N3O/c24-23(25,26)16-9-11-28(12-10-16)19-4-1-17(2-5-19)27-18-3-8-21-15(13-18)14-29(22(21)30)20-6-7-20/h1-5,8,13,16,20,27H,6-7,9-12,14H2. The van der Waals surface area contributed by atoms with E-state index in [2.05, 4.69) is 5.32 Å². The molecule has 1 saturated carbocycles. The fourth-order valence-electron chi connectivity index (χ4n) is 4.49. The molecule has 7 heteroatoms. The molecule has 2 heterocycles. The molecule has 30 heavy (non-hydrogen) atoms. The average Bonchev–Trinajstić information content (AvgIpc) is 3.52. The largest absolute Gasteiger partial charge is 0.391 e. The van der Waals surface area contributed by atoms with Gasteiger partial charge in [0.05, 0.1) is 5.92 Å². The van der Waals surface area contributed by atoms with Gasteiger partial charge in [0.15, 0.2) is 0 Å². The maximum absolute atomic E-state index is 12.9. The minimum atomic E-state index is -4.09. The quantitative estimate of drug-likeness (QED) is 0.734. The highest BCUT2D eigenvalue weighted by molar-refractivity contribution is 5.99. The Morgan fingerprint density at radius 3 is 2.20 bits per heavy atom. The van der Waals surface area contributed by atoms with Crippen molar-refractivity contribution in [3.05, 3.63) is 53.6 Å². The van der Waals surface area contributed by atoms with E-state index >= 15 is 0 Å². The first kappa shape index (κ1) is 19.3. The van der Waals surface area contributed by atoms with Crippen LogP contribution in [0.15, 0.2) is 42.5 Å². The molecule has 0 radical (unpaired) electrons. The second kappa shape index (κ2) is 7.22. The van der Waals surface area contributed by atoms with Crippen LogP contribution in [0.1, 0.15) is 41.6 Å². The summed E-state index contributed by atoms with van der Waals surface area (Å²) in [5.74, 6) is -1.05. The number of alkyl halides is 3. The number of amides is 1. The zero-order valence-corrected chi connectivity index (χ0v) is 16.6. The molecule has 2 aromatic carbocycles. The van der Waals surface area contributed by atoms with Gasteiger partial charge in [0.1, 0.15) is 0 Å². The van der Waals surface area contributed by atoms with Gasteiger partial charge in [-0.15, -0.1) is 0 Å². The van der Waals surface area contributed by atoms with Gasteiger partial charge in [0.25, 0.3) is 5.91 Å². The maximum atomic E-state index is 12.9. The minimum Gasteiger partial charge on any atom is -0.372 e. The molecule has 0 atom stereocenters. The lowest BCUT2D eigenvalue weighted by Crippen LogP contribution is -2.38. The Morgan fingerprint density at radius 1 is 0.900 bits per heavy atom. The number of benzene rings is 2. The third-order valence-electron chi connectivity index (χ3n) is 6.40. The summed E-state index contributed by atoms with van der Waals surface area (Å²) >= 11 is 0. The Bertz CT molecular complexity index is 945. The lowest BCUT2D eigenvalue weighted by Gasteiger charge is -2.34. The summed E-state index contributed by atoms with van der Waals surface area (Å²) < 4.78 is 38.6. The fraction of sp³-hybridized carbons (Fsp3) is 0.435. The Labute approximate surface area is 173 Å². The molecule has 0 unspecified atom stereocenters. The first-order chi connectivity index (χ1) is 14.4. The third-order valence-corrected chi connectivity index (χ3v) is 6.40. The highest BCUT2D eigenvalue weighted by Crippen LogP contribution is 2.37. The molecule has 2 fully saturated rings. The molecule has 1 amide bonds. The van der Waals surface area contributed by atoms with E-state index in [0.717, 1.165) is 41.0 Å². The van der Waals surface area contributed by atoms with Crippen molar-refractivity contribution in [3.63, 3.8) is 0 Å². The number of fused-ring (bicyclic) bond motifs is 1. The Morgan fingerprint density at radius 2 is 1.57 bits per heavy atom. The molecule has 2 aromatic rings. The van der Waals surface area contributed by atoms with Crippen LogP contribution in [0, 0.1) is 5.92 Å². The van der Waals surface area contributed by atoms with Crippen molar-refractivity contribution in [3.8, 4) is 0 Å². The van der Waals surface area contributed by atoms with Crippen LogP contribution < -0.4 is 10.2 Å². The summed E-state index contributed by atoms with van der Waals surface area (Å²) in [7, 11) is 0. The fourth-order valence-corrected chi connectivity index (χ4v) is 4.49. The van der Waals surface area contributed by atoms with Crippen LogP contribution in [0.2, 0.25) is 0 Å². The van der Waals surface area contributed by atoms with Crippen molar-refractivity contribution in [2.24, 2.45) is 5.92 Å². The lowest BCUT2D eigenvalue weighted by atomic mass is 9.96. The van der Waals surface area contributed by atoms with Gasteiger partial charge < -0.3 is 15.1 Å². The molecule has 4 nitrogen and oxygen atoms in total. The van der Waals surface area contributed by atoms with E-state index in [1.807, 2.05) is 52.3 Å². The Balaban J connectivity index is 1.22. The molecule has 0 aromatic heterocycles. The van der Waals surface area contributed by atoms with Gasteiger partial charge in [-0.25, -0.2) is 0 Å². The zero-order chi connectivity index (χ0) is 20.9. The van der Waals surface area contributed by atoms with Crippen molar-refractivity contribution in [1.29, 1.82) is 0 Å². The molecule has 5 rings (SSSR count). The van der Waals surface area contributed by atoms with Crippen LogP contribution in [0.4, 0.5) is 30.2 Å². The van der Waals surface area contributed by atoms with Crippen molar-refractivity contribution in [2.45, 2.75) is 44.4 Å². The average molecular weight is 415 g/mol. The van der Waals surface area contributed by atoms with Crippen LogP contribution >= 0.6 is 0 Å². The van der Waals surface area contributed by atoms with E-state index in [9.17, 15) is 18.0 Å². The van der Waals surface area contributed by atoms with Gasteiger partial charge in [0.2, 0.25) is 0 Å². The summed E-state index contributed by atoms with van der Waals surface area (Å²) in [5, 5.41) is 3.37. The summed E-state index contributed by atoms with van der Waals surface area (Å²) in [4.78, 5) is 16.4. The Hall–Kier alpha value is -2.70. The van der Waals surface area contributed by atoms with Crippen LogP contribution in [0.25, 0.3) is 0 Å². The molecule has 2 aliphatic heterocycles. The van der Waals surface area contributed by atoms with E-state index in [0.29, 0.717) is 25.7 Å². The second-order valence-corrected chi connectivity index (χ2v) is 8.51. The molecular formula is C23H24F3N3O. The molecule has 3 aliphatic rings. The number of halogens is 3. The van der Waals surface area contributed by atoms with E-state index < -0.39 is 12.1 Å². The maximum Gasteiger partial charge on any atom is 0.391 e. The Kier molecular flexibility index (Phi) is 4.64. The molecule has 0 bridgehead atoms. The summed E-state index contributed by atoms with van der Waals surface area (Å²) in [6.07, 6.45) is -1.59. The number of hydrogen-bond acceptors (Lipinski definition) is 3. The first-order valence-electron chi connectivity index (χ1n) is 10.5. The van der Waals surface area contributed by atoms with Crippen LogP contribution in [0.3, 0.4) is 0 Å². The highest BCUT2D eigenvalue weighted by Gasteiger charge is 2.41. The number of rotatable bonds is 4. The molecule has 1 N–H and O–H groups in total. The van der Waals surface area contributed by atoms with Crippen LogP contribution in [-0.4, -0.2) is 36.1 Å². The summed E-state index contributed by atoms with van der Waals surface area (Å²) in [6.45, 7) is 1.53. The predicted molar refractivity (Wildman–Crippen MR) is 110 cm³/mol. The zero-order valence-electron chi connectivity index (χ0n) is 16.6. The van der Waals surface area contributed by atoms with E-state index in [4.69, 9.17) is 0 Å². The predicted octanol–water partition coefficient (Wildman–Crippen LogP) is 5.33. The number of anilines is 3. The van der Waals surface area contributed by atoms with Gasteiger partial charge in [-0.2, -0.15) is 13.2 Å². The van der Waals surface area contributed by atoms with Crippen LogP contribution in [-0.2, 0) is 6.54 Å². The monoisotopic (exact) mass is 415 g/mol. The van der Waals surface area contributed by atoms with Crippen LogP contribution in [0.5, 0.6) is 0 Å². The molecule has 1 aliphatic carbocycles. The lowest BCUT2D eigenvalue weighted by molar-refractivity contribution is -0.179. The van der Waals surface area contributed by atoms with E-state index in [-0.39, 0.29) is 18.7 Å². The molecule has 0 spiro atoms. The number of nitrogens with one attached hydrogen (secondary N) is 1. The van der Waals surface area contributed by atoms with Gasteiger partial charge in [-0.3, -0.25) is 4.79 Å². The van der Waals surface area contributed by atoms with Gasteiger partial charge >= 0.3 is 6.18 Å². The highest BCUT2D eigenvalue weighted by atomic mass is 19.4. The van der Waals surface area contributed by atoms with Crippen molar-refractivity contribution < 1.29 is 18.0 Å². The smallest absolute Gasteiger partial charge is 0.372 e. The number of carbonyl (C=O) groups excluding carboxylic acids is 1. The normalized spacial score (nSPS) is 19.9. The summed E-state index contributed by atoms with van der Waals surface area (Å²) in [5.41, 5.74) is 4.64. The van der Waals surface area contributed by atoms with Gasteiger partial charge in [-0.1, -0.05) is 0 Å². The first-order valence-corrected chi connectivity index (χ1v) is 10.5. The second-order valence-electron chi connectivity index (χ2n) is 8.51. The van der Waals surface area contributed by atoms with E-state index in [1.165, 1.54) is 0 Å². The number of piperidine rings is 1. The van der Waals surface area contributed by atoms with Crippen molar-refractivity contribution in [2.75, 3.05) is 23.3 Å². The third kappa shape index (κ3) is 3.73. The van der Waals surface area contributed by atoms with E-state index in [1.54, 1.807) is 0 Å². The van der Waals surface area contributed by atoms with Gasteiger partial charge in [0, 0.05) is 48.3 Å². The summed E-state index contributed by atoms with van der Waals surface area (Å²) in [6, 6.07) is 14.0. The SMILES string of the molecule is O=C1c2ccc(Nc3ccc(N4CCC(C(F)(F)F)CC4)cc3)cc2CN1C1CC1. The van der Waals surface area contributed by atoms with Crippen molar-refractivity contribution in [1.82, 2.24) is 4.90 Å². The molecule has 1 saturated heterocycles. The number of nitrogens with zero attached hydrogens (tertiary/aromatic N) is 2. The number of hydrogen-bond donors (Lipinski definition) is 1. The molecule has 158 valence electrons. The molecular weight excluding hydrogens is 391 g/mol. The minimum absolute atomic E-state index is 0.137. The van der Waals surface area contributed by atoms with Crippen molar-refractivity contribution >= 4 is 23.0 Å². The van der Waals surface area contributed by atoms with Gasteiger partial charge in [-0.05, 0) is 73.7 Å².